The number of rotatable bonds is 1. The van der Waals surface area contributed by atoms with Crippen LogP contribution in [0.1, 0.15) is 18.1 Å². The summed E-state index contributed by atoms with van der Waals surface area (Å²) in [5.41, 5.74) is 4.18. The van der Waals surface area contributed by atoms with Crippen LogP contribution in [0.3, 0.4) is 0 Å². The smallest absolute Gasteiger partial charge is 0.0674 e. The molecule has 1 aliphatic rings. The monoisotopic (exact) mass is 220 g/mol. The number of nitrogens with zero attached hydrogens (tertiary/aromatic N) is 1. The highest BCUT2D eigenvalue weighted by Gasteiger charge is 2.38. The molecule has 0 aromatic heterocycles. The molecule has 2 aromatic rings. The van der Waals surface area contributed by atoms with Gasteiger partial charge >= 0.3 is 0 Å². The highest BCUT2D eigenvalue weighted by molar-refractivity contribution is 6.03. The highest BCUT2D eigenvalue weighted by atomic mass is 14.8. The first-order valence-corrected chi connectivity index (χ1v) is 5.79. The Bertz CT molecular complexity index is 583. The number of para-hydroxylation sites is 1. The number of hydrogen-bond acceptors (Lipinski definition) is 1. The molecule has 2 aromatic carbocycles. The zero-order valence-corrected chi connectivity index (χ0v) is 9.85. The summed E-state index contributed by atoms with van der Waals surface area (Å²) in [5, 5.41) is 0. The molecule has 0 unspecified atom stereocenters. The van der Waals surface area contributed by atoms with Crippen molar-refractivity contribution in [3.8, 4) is 0 Å². The van der Waals surface area contributed by atoms with E-state index in [9.17, 15) is 0 Å². The molecule has 0 aliphatic carbocycles. The summed E-state index contributed by atoms with van der Waals surface area (Å²) in [6.07, 6.45) is 0. The van der Waals surface area contributed by atoms with Crippen LogP contribution in [0.15, 0.2) is 59.6 Å². The van der Waals surface area contributed by atoms with Crippen molar-refractivity contribution in [3.63, 3.8) is 0 Å². The minimum Gasteiger partial charge on any atom is -0.256 e. The molecule has 1 radical (unpaired) electrons. The normalized spacial score (nSPS) is 22.1. The van der Waals surface area contributed by atoms with Gasteiger partial charge in [0.15, 0.2) is 0 Å². The Balaban J connectivity index is 2.25. The molecule has 0 amide bonds. The van der Waals surface area contributed by atoms with Gasteiger partial charge in [0, 0.05) is 5.71 Å². The summed E-state index contributed by atoms with van der Waals surface area (Å²) in [6.45, 7) is 6.49. The van der Waals surface area contributed by atoms with E-state index in [1.165, 1.54) is 11.1 Å². The van der Waals surface area contributed by atoms with Crippen molar-refractivity contribution in [1.82, 2.24) is 0 Å². The summed E-state index contributed by atoms with van der Waals surface area (Å²) < 4.78 is 0. The Morgan fingerprint density at radius 1 is 0.941 bits per heavy atom. The molecule has 1 heteroatoms. The van der Waals surface area contributed by atoms with Gasteiger partial charge in [0.05, 0.1) is 11.1 Å². The summed E-state index contributed by atoms with van der Waals surface area (Å²) in [4.78, 5) is 4.64. The zero-order valence-electron chi connectivity index (χ0n) is 9.85. The second-order valence-electron chi connectivity index (χ2n) is 4.49. The Morgan fingerprint density at radius 3 is 2.35 bits per heavy atom. The van der Waals surface area contributed by atoms with Gasteiger partial charge in [-0.25, -0.2) is 0 Å². The van der Waals surface area contributed by atoms with E-state index in [1.54, 1.807) is 0 Å². The molecule has 1 nitrogen and oxygen atoms in total. The predicted octanol–water partition coefficient (Wildman–Crippen LogP) is 3.91. The molecule has 0 saturated carbocycles. The first kappa shape index (κ1) is 10.3. The van der Waals surface area contributed by atoms with E-state index in [2.05, 4.69) is 61.3 Å². The standard InChI is InChI=1S/C16H14N/c1-12-16(2,13-8-4-3-5-9-13)14-10-6-7-11-15(14)17-12/h3-11H,2H2,1H3/t16-/m0/s1. The van der Waals surface area contributed by atoms with E-state index in [1.807, 2.05) is 12.1 Å². The van der Waals surface area contributed by atoms with E-state index < -0.39 is 0 Å². The van der Waals surface area contributed by atoms with E-state index in [-0.39, 0.29) is 5.41 Å². The minimum atomic E-state index is -0.322. The van der Waals surface area contributed by atoms with Crippen LogP contribution >= 0.6 is 0 Å². The third kappa shape index (κ3) is 1.35. The van der Waals surface area contributed by atoms with Crippen molar-refractivity contribution in [2.24, 2.45) is 4.99 Å². The first-order valence-electron chi connectivity index (χ1n) is 5.79. The van der Waals surface area contributed by atoms with Crippen LogP contribution in [0.2, 0.25) is 0 Å². The quantitative estimate of drug-likeness (QED) is 0.691. The van der Waals surface area contributed by atoms with Gasteiger partial charge in [0.2, 0.25) is 0 Å². The van der Waals surface area contributed by atoms with Gasteiger partial charge in [0.1, 0.15) is 0 Å². The third-order valence-electron chi connectivity index (χ3n) is 3.54. The maximum Gasteiger partial charge on any atom is 0.0674 e. The molecule has 83 valence electrons. The molecule has 0 fully saturated rings. The van der Waals surface area contributed by atoms with E-state index in [0.29, 0.717) is 0 Å². The van der Waals surface area contributed by atoms with E-state index >= 15 is 0 Å². The summed E-state index contributed by atoms with van der Waals surface area (Å²) in [7, 11) is 0. The third-order valence-corrected chi connectivity index (χ3v) is 3.54. The summed E-state index contributed by atoms with van der Waals surface area (Å²) in [5.74, 6) is 0. The van der Waals surface area contributed by atoms with Crippen LogP contribution in [0.5, 0.6) is 0 Å². The summed E-state index contributed by atoms with van der Waals surface area (Å²) >= 11 is 0. The van der Waals surface area contributed by atoms with Crippen LogP contribution in [0.25, 0.3) is 0 Å². The molecule has 0 N–H and O–H groups in total. The number of benzene rings is 2. The molecular weight excluding hydrogens is 206 g/mol. The number of hydrogen-bond donors (Lipinski definition) is 0. The van der Waals surface area contributed by atoms with Crippen LogP contribution in [-0.4, -0.2) is 5.71 Å². The first-order chi connectivity index (χ1) is 8.23. The molecule has 1 atom stereocenters. The van der Waals surface area contributed by atoms with Gasteiger partial charge in [-0.05, 0) is 31.0 Å². The van der Waals surface area contributed by atoms with Crippen LogP contribution in [0, 0.1) is 6.92 Å². The van der Waals surface area contributed by atoms with Gasteiger partial charge in [-0.3, -0.25) is 4.99 Å². The largest absolute Gasteiger partial charge is 0.256 e. The van der Waals surface area contributed by atoms with Crippen molar-refractivity contribution in [2.45, 2.75) is 12.3 Å². The predicted molar refractivity (Wildman–Crippen MR) is 71.8 cm³/mol. The van der Waals surface area contributed by atoms with Crippen molar-refractivity contribution in [2.75, 3.05) is 0 Å². The fourth-order valence-electron chi connectivity index (χ4n) is 2.49. The van der Waals surface area contributed by atoms with Crippen LogP contribution < -0.4 is 0 Å². The van der Waals surface area contributed by atoms with Crippen LogP contribution in [-0.2, 0) is 5.41 Å². The van der Waals surface area contributed by atoms with E-state index in [0.717, 1.165) is 11.4 Å². The van der Waals surface area contributed by atoms with Gasteiger partial charge in [0.25, 0.3) is 0 Å². The molecular formula is C16H14N. The van der Waals surface area contributed by atoms with Crippen LogP contribution in [0.4, 0.5) is 5.69 Å². The fraction of sp³-hybridized carbons (Fsp3) is 0.125. The van der Waals surface area contributed by atoms with Crippen molar-refractivity contribution >= 4 is 11.4 Å². The lowest BCUT2D eigenvalue weighted by atomic mass is 9.74. The van der Waals surface area contributed by atoms with Crippen molar-refractivity contribution < 1.29 is 0 Å². The molecule has 1 heterocycles. The lowest BCUT2D eigenvalue weighted by molar-refractivity contribution is 0.883. The Morgan fingerprint density at radius 2 is 1.59 bits per heavy atom. The molecule has 1 aliphatic heterocycles. The van der Waals surface area contributed by atoms with Gasteiger partial charge in [-0.2, -0.15) is 0 Å². The van der Waals surface area contributed by atoms with Crippen molar-refractivity contribution in [3.05, 3.63) is 72.6 Å². The molecule has 0 saturated heterocycles. The second kappa shape index (κ2) is 3.56. The Labute approximate surface area is 102 Å². The van der Waals surface area contributed by atoms with Gasteiger partial charge in [-0.1, -0.05) is 48.5 Å². The fourth-order valence-corrected chi connectivity index (χ4v) is 2.49. The lowest BCUT2D eigenvalue weighted by Crippen LogP contribution is -2.29. The highest BCUT2D eigenvalue weighted by Crippen LogP contribution is 2.43. The topological polar surface area (TPSA) is 12.4 Å². The molecule has 3 rings (SSSR count). The van der Waals surface area contributed by atoms with Gasteiger partial charge in [-0.15, -0.1) is 0 Å². The Kier molecular flexibility index (Phi) is 2.15. The zero-order chi connectivity index (χ0) is 11.9. The van der Waals surface area contributed by atoms with Crippen molar-refractivity contribution in [1.29, 1.82) is 0 Å². The Hall–Kier alpha value is -1.89. The van der Waals surface area contributed by atoms with E-state index in [4.69, 9.17) is 0 Å². The molecule has 0 bridgehead atoms. The average Bonchev–Trinajstić information content (AvgIpc) is 2.64. The maximum atomic E-state index is 4.64. The molecule has 17 heavy (non-hydrogen) atoms. The van der Waals surface area contributed by atoms with Gasteiger partial charge < -0.3 is 0 Å². The second-order valence-corrected chi connectivity index (χ2v) is 4.49. The maximum absolute atomic E-state index is 4.64. The number of fused-ring (bicyclic) bond motifs is 1. The SMILES string of the molecule is [CH2][C@@]1(c2ccccc2)C(C)=Nc2ccccc21. The summed E-state index contributed by atoms with van der Waals surface area (Å²) in [6, 6.07) is 18.6. The number of aliphatic imine (C=N–C) groups is 1. The molecule has 0 spiro atoms. The minimum absolute atomic E-state index is 0.322. The lowest BCUT2D eigenvalue weighted by Gasteiger charge is -2.26. The average molecular weight is 220 g/mol.